The highest BCUT2D eigenvalue weighted by Crippen LogP contribution is 2.10. The summed E-state index contributed by atoms with van der Waals surface area (Å²) in [5.74, 6) is 1.07. The van der Waals surface area contributed by atoms with E-state index in [2.05, 4.69) is 0 Å². The monoisotopic (exact) mass is 219 g/mol. The minimum Gasteiger partial charge on any atom is -0.351 e. The van der Waals surface area contributed by atoms with Gasteiger partial charge in [0, 0.05) is 23.5 Å². The summed E-state index contributed by atoms with van der Waals surface area (Å²) in [7, 11) is 0. The molecule has 0 atom stereocenters. The Morgan fingerprint density at radius 2 is 2.00 bits per heavy atom. The number of amides is 3. The number of thioether (sulfide) groups is 1. The van der Waals surface area contributed by atoms with Crippen molar-refractivity contribution in [3.05, 3.63) is 0 Å². The quantitative estimate of drug-likeness (QED) is 0.569. The van der Waals surface area contributed by atoms with E-state index in [1.54, 1.807) is 11.8 Å². The summed E-state index contributed by atoms with van der Waals surface area (Å²) >= 11 is 1.58. The maximum atomic E-state index is 10.9. The van der Waals surface area contributed by atoms with Gasteiger partial charge in [-0.3, -0.25) is 10.1 Å². The summed E-state index contributed by atoms with van der Waals surface area (Å²) in [5, 5.41) is 2.00. The standard InChI is InChI=1S/C8H17N3O2S/c1-8(2,10)5-14-4-3-6(12)11-7(9)13/h3-5,10H2,1-2H3,(H3,9,11,12,13). The van der Waals surface area contributed by atoms with Crippen LogP contribution in [0, 0.1) is 0 Å². The highest BCUT2D eigenvalue weighted by molar-refractivity contribution is 7.99. The topological polar surface area (TPSA) is 98.2 Å². The van der Waals surface area contributed by atoms with E-state index in [0.29, 0.717) is 5.75 Å². The van der Waals surface area contributed by atoms with E-state index in [-0.39, 0.29) is 17.9 Å². The summed E-state index contributed by atoms with van der Waals surface area (Å²) in [6.45, 7) is 3.84. The second-order valence-corrected chi connectivity index (χ2v) is 4.81. The maximum absolute atomic E-state index is 10.9. The third-order valence-corrected chi connectivity index (χ3v) is 2.65. The predicted octanol–water partition coefficient (Wildman–Crippen LogP) is 0.0419. The average Bonchev–Trinajstić information content (AvgIpc) is 1.95. The fraction of sp³-hybridized carbons (Fsp3) is 0.750. The third kappa shape index (κ3) is 9.34. The van der Waals surface area contributed by atoms with Crippen molar-refractivity contribution in [2.24, 2.45) is 11.5 Å². The molecule has 0 unspecified atom stereocenters. The number of primary amides is 1. The Hall–Kier alpha value is -0.750. The van der Waals surface area contributed by atoms with Gasteiger partial charge in [-0.05, 0) is 13.8 Å². The Morgan fingerprint density at radius 3 is 2.43 bits per heavy atom. The summed E-state index contributed by atoms with van der Waals surface area (Å²) in [6, 6.07) is -0.806. The van der Waals surface area contributed by atoms with Crippen molar-refractivity contribution in [2.75, 3.05) is 11.5 Å². The second-order valence-electron chi connectivity index (χ2n) is 3.70. The highest BCUT2D eigenvalue weighted by atomic mass is 32.2. The molecule has 5 N–H and O–H groups in total. The lowest BCUT2D eigenvalue weighted by atomic mass is 10.1. The molecule has 0 aliphatic carbocycles. The van der Waals surface area contributed by atoms with Gasteiger partial charge in [-0.25, -0.2) is 4.79 Å². The zero-order valence-corrected chi connectivity index (χ0v) is 9.32. The molecule has 0 aromatic heterocycles. The normalized spacial score (nSPS) is 11.1. The van der Waals surface area contributed by atoms with Crippen molar-refractivity contribution in [1.82, 2.24) is 5.32 Å². The van der Waals surface area contributed by atoms with Crippen LogP contribution in [-0.4, -0.2) is 29.0 Å². The first-order valence-corrected chi connectivity index (χ1v) is 5.42. The van der Waals surface area contributed by atoms with E-state index in [0.717, 1.165) is 5.75 Å². The first-order chi connectivity index (χ1) is 6.31. The molecule has 0 aliphatic heterocycles. The summed E-state index contributed by atoms with van der Waals surface area (Å²) in [4.78, 5) is 21.2. The molecule has 0 aromatic rings. The van der Waals surface area contributed by atoms with E-state index in [9.17, 15) is 9.59 Å². The van der Waals surface area contributed by atoms with E-state index in [1.807, 2.05) is 19.2 Å². The van der Waals surface area contributed by atoms with Crippen LogP contribution in [0.3, 0.4) is 0 Å². The maximum Gasteiger partial charge on any atom is 0.318 e. The van der Waals surface area contributed by atoms with Crippen molar-refractivity contribution >= 4 is 23.7 Å². The van der Waals surface area contributed by atoms with Gasteiger partial charge in [-0.1, -0.05) is 0 Å². The van der Waals surface area contributed by atoms with Crippen molar-refractivity contribution in [3.63, 3.8) is 0 Å². The Labute approximate surface area is 88.0 Å². The SMILES string of the molecule is CC(C)(N)CSCCC(=O)NC(N)=O. The highest BCUT2D eigenvalue weighted by Gasteiger charge is 2.10. The van der Waals surface area contributed by atoms with Crippen LogP contribution in [-0.2, 0) is 4.79 Å². The molecule has 5 nitrogen and oxygen atoms in total. The van der Waals surface area contributed by atoms with Gasteiger partial charge in [0.1, 0.15) is 0 Å². The van der Waals surface area contributed by atoms with Crippen molar-refractivity contribution in [1.29, 1.82) is 0 Å². The molecule has 0 aliphatic rings. The number of carbonyl (C=O) groups is 2. The minimum absolute atomic E-state index is 0.231. The molecule has 82 valence electrons. The molecule has 0 fully saturated rings. The largest absolute Gasteiger partial charge is 0.351 e. The van der Waals surface area contributed by atoms with Gasteiger partial charge in [-0.15, -0.1) is 0 Å². The van der Waals surface area contributed by atoms with Crippen LogP contribution >= 0.6 is 11.8 Å². The average molecular weight is 219 g/mol. The van der Waals surface area contributed by atoms with Crippen LogP contribution in [0.15, 0.2) is 0 Å². The second kappa shape index (κ2) is 5.87. The number of hydrogen-bond donors (Lipinski definition) is 3. The number of hydrogen-bond acceptors (Lipinski definition) is 4. The Morgan fingerprint density at radius 1 is 1.43 bits per heavy atom. The van der Waals surface area contributed by atoms with E-state index >= 15 is 0 Å². The molecule has 0 saturated heterocycles. The number of nitrogens with one attached hydrogen (secondary N) is 1. The molecule has 0 radical (unpaired) electrons. The molecule has 3 amide bonds. The first-order valence-electron chi connectivity index (χ1n) is 4.27. The smallest absolute Gasteiger partial charge is 0.318 e. The zero-order chi connectivity index (χ0) is 11.2. The lowest BCUT2D eigenvalue weighted by Gasteiger charge is -2.17. The van der Waals surface area contributed by atoms with Crippen LogP contribution in [0.25, 0.3) is 0 Å². The van der Waals surface area contributed by atoms with Gasteiger partial charge in [0.15, 0.2) is 0 Å². The van der Waals surface area contributed by atoms with E-state index in [4.69, 9.17) is 11.5 Å². The van der Waals surface area contributed by atoms with Gasteiger partial charge >= 0.3 is 6.03 Å². The van der Waals surface area contributed by atoms with Gasteiger partial charge in [0.05, 0.1) is 0 Å². The molecule has 0 aromatic carbocycles. The van der Waals surface area contributed by atoms with Crippen LogP contribution in [0.2, 0.25) is 0 Å². The molecule has 0 rings (SSSR count). The van der Waals surface area contributed by atoms with Gasteiger partial charge in [0.2, 0.25) is 5.91 Å². The first kappa shape index (κ1) is 13.2. The number of nitrogens with two attached hydrogens (primary N) is 2. The van der Waals surface area contributed by atoms with E-state index < -0.39 is 6.03 Å². The van der Waals surface area contributed by atoms with Crippen LogP contribution < -0.4 is 16.8 Å². The van der Waals surface area contributed by atoms with Crippen molar-refractivity contribution in [2.45, 2.75) is 25.8 Å². The van der Waals surface area contributed by atoms with Gasteiger partial charge in [0.25, 0.3) is 0 Å². The van der Waals surface area contributed by atoms with Crippen molar-refractivity contribution in [3.8, 4) is 0 Å². The van der Waals surface area contributed by atoms with Crippen LogP contribution in [0.4, 0.5) is 4.79 Å². The number of rotatable bonds is 5. The predicted molar refractivity (Wildman–Crippen MR) is 57.9 cm³/mol. The Balaban J connectivity index is 3.46. The summed E-state index contributed by atoms with van der Waals surface area (Å²) < 4.78 is 0. The van der Waals surface area contributed by atoms with Gasteiger partial charge in [-0.2, -0.15) is 11.8 Å². The molecule has 0 saturated carbocycles. The number of urea groups is 1. The lowest BCUT2D eigenvalue weighted by molar-refractivity contribution is -0.119. The third-order valence-electron chi connectivity index (χ3n) is 1.21. The lowest BCUT2D eigenvalue weighted by Crippen LogP contribution is -2.36. The molecule has 6 heteroatoms. The summed E-state index contributed by atoms with van der Waals surface area (Å²) in [6.07, 6.45) is 0.281. The minimum atomic E-state index is -0.806. The number of imide groups is 1. The summed E-state index contributed by atoms with van der Waals surface area (Å²) in [5.41, 5.74) is 10.3. The fourth-order valence-corrected chi connectivity index (χ4v) is 1.70. The fourth-order valence-electron chi connectivity index (χ4n) is 0.700. The Kier molecular flexibility index (Phi) is 5.56. The Bertz CT molecular complexity index is 213. The molecular weight excluding hydrogens is 202 g/mol. The van der Waals surface area contributed by atoms with E-state index in [1.165, 1.54) is 0 Å². The zero-order valence-electron chi connectivity index (χ0n) is 8.50. The molecule has 0 bridgehead atoms. The molecule has 14 heavy (non-hydrogen) atoms. The van der Waals surface area contributed by atoms with Crippen LogP contribution in [0.1, 0.15) is 20.3 Å². The molecule has 0 heterocycles. The van der Waals surface area contributed by atoms with Crippen LogP contribution in [0.5, 0.6) is 0 Å². The molecular formula is C8H17N3O2S. The van der Waals surface area contributed by atoms with Gasteiger partial charge < -0.3 is 11.5 Å². The number of carbonyl (C=O) groups excluding carboxylic acids is 2. The van der Waals surface area contributed by atoms with Crippen molar-refractivity contribution < 1.29 is 9.59 Å². The molecule has 0 spiro atoms.